The molecule has 0 N–H and O–H groups in total. The monoisotopic (exact) mass is 1020 g/mol. The van der Waals surface area contributed by atoms with E-state index in [0.29, 0.717) is 0 Å². The lowest BCUT2D eigenvalue weighted by Gasteiger charge is -2.25. The van der Waals surface area contributed by atoms with Crippen LogP contribution >= 0.6 is 0 Å². The summed E-state index contributed by atoms with van der Waals surface area (Å²) in [4.78, 5) is 0. The number of benzene rings is 13. The van der Waals surface area contributed by atoms with Crippen molar-refractivity contribution in [1.29, 1.82) is 0 Å². The van der Waals surface area contributed by atoms with Crippen molar-refractivity contribution in [2.24, 2.45) is 0 Å². The van der Waals surface area contributed by atoms with Crippen LogP contribution < -0.4 is 18.9 Å². The zero-order chi connectivity index (χ0) is 54.5. The first kappa shape index (κ1) is 51.3. The van der Waals surface area contributed by atoms with Crippen molar-refractivity contribution in [3.63, 3.8) is 0 Å². The lowest BCUT2D eigenvalue weighted by molar-refractivity contribution is 0.414. The van der Waals surface area contributed by atoms with E-state index in [1.54, 1.807) is 28.4 Å². The molecule has 0 atom stereocenters. The van der Waals surface area contributed by atoms with Crippen LogP contribution in [0.3, 0.4) is 0 Å². The van der Waals surface area contributed by atoms with Gasteiger partial charge < -0.3 is 18.9 Å². The van der Waals surface area contributed by atoms with Gasteiger partial charge in [-0.05, 0) is 270 Å². The van der Waals surface area contributed by atoms with E-state index in [1.165, 1.54) is 154 Å². The van der Waals surface area contributed by atoms with E-state index in [0.717, 1.165) is 23.0 Å². The molecular formula is C74H66O4. The Morgan fingerprint density at radius 2 is 0.423 bits per heavy atom. The number of methoxy groups -OCH3 is 4. The quantitative estimate of drug-likeness (QED) is 0.142. The van der Waals surface area contributed by atoms with Gasteiger partial charge in [-0.15, -0.1) is 0 Å². The summed E-state index contributed by atoms with van der Waals surface area (Å²) < 4.78 is 23.0. The Hall–Kier alpha value is -8.86. The summed E-state index contributed by atoms with van der Waals surface area (Å²) in [6.45, 7) is 17.6. The van der Waals surface area contributed by atoms with Crippen molar-refractivity contribution in [1.82, 2.24) is 0 Å². The Kier molecular flexibility index (Phi) is 13.8. The van der Waals surface area contributed by atoms with Crippen molar-refractivity contribution in [2.75, 3.05) is 28.4 Å². The number of hydrogen-bond donors (Lipinski definition) is 0. The fourth-order valence-electron chi connectivity index (χ4n) is 12.7. The molecule has 0 aliphatic carbocycles. The van der Waals surface area contributed by atoms with Crippen LogP contribution in [-0.2, 0) is 0 Å². The molecule has 13 rings (SSSR count). The number of aryl methyl sites for hydroxylation is 8. The van der Waals surface area contributed by atoms with Gasteiger partial charge in [0.1, 0.15) is 23.0 Å². The first-order chi connectivity index (χ1) is 37.8. The SMILES string of the molecule is COc1cc(C)c(-c2cc(-c3c(C)cc(OC)cc3C)c3ccc4c(-c5c(C)cc(OC)cc5C)cc(-c5c(C)cc(OC)cc5C)c5ccc2c3c54)c(C)c1.c1cc2ccc3cccc4ccc(c1)c2c34.c1ccccc1. The maximum absolute atomic E-state index is 5.74. The van der Waals surface area contributed by atoms with Crippen LogP contribution in [0.1, 0.15) is 44.5 Å². The van der Waals surface area contributed by atoms with Crippen molar-refractivity contribution in [2.45, 2.75) is 55.4 Å². The van der Waals surface area contributed by atoms with Gasteiger partial charge in [0, 0.05) is 0 Å². The van der Waals surface area contributed by atoms with Gasteiger partial charge in [-0.3, -0.25) is 0 Å². The van der Waals surface area contributed by atoms with Gasteiger partial charge in [0.2, 0.25) is 0 Å². The van der Waals surface area contributed by atoms with E-state index >= 15 is 0 Å². The molecule has 0 aliphatic heterocycles. The van der Waals surface area contributed by atoms with Crippen molar-refractivity contribution in [3.05, 3.63) is 226 Å². The highest BCUT2D eigenvalue weighted by atomic mass is 16.5. The van der Waals surface area contributed by atoms with Crippen LogP contribution in [0.2, 0.25) is 0 Å². The molecule has 0 aromatic heterocycles. The summed E-state index contributed by atoms with van der Waals surface area (Å²) >= 11 is 0. The molecule has 0 heterocycles. The first-order valence-electron chi connectivity index (χ1n) is 26.9. The lowest BCUT2D eigenvalue weighted by Crippen LogP contribution is -2.00. The van der Waals surface area contributed by atoms with Crippen molar-refractivity contribution >= 4 is 64.6 Å². The molecular weight excluding hydrogens is 953 g/mol. The van der Waals surface area contributed by atoms with Gasteiger partial charge >= 0.3 is 0 Å². The fourth-order valence-corrected chi connectivity index (χ4v) is 12.7. The Morgan fingerprint density at radius 3 is 0.615 bits per heavy atom. The molecule has 0 spiro atoms. The minimum Gasteiger partial charge on any atom is -0.497 e. The third kappa shape index (κ3) is 8.95. The van der Waals surface area contributed by atoms with Crippen LogP contribution in [0.25, 0.3) is 109 Å². The highest BCUT2D eigenvalue weighted by Gasteiger charge is 2.25. The third-order valence-electron chi connectivity index (χ3n) is 16.0. The van der Waals surface area contributed by atoms with Crippen LogP contribution in [0.15, 0.2) is 182 Å². The zero-order valence-electron chi connectivity index (χ0n) is 47.0. The topological polar surface area (TPSA) is 36.9 Å². The van der Waals surface area contributed by atoms with Gasteiger partial charge in [-0.1, -0.05) is 121 Å². The third-order valence-corrected chi connectivity index (χ3v) is 16.0. The van der Waals surface area contributed by atoms with Crippen LogP contribution in [0, 0.1) is 55.4 Å². The molecule has 0 aliphatic rings. The van der Waals surface area contributed by atoms with Gasteiger partial charge in [0.05, 0.1) is 28.4 Å². The van der Waals surface area contributed by atoms with Crippen LogP contribution in [0.4, 0.5) is 0 Å². The van der Waals surface area contributed by atoms with Crippen molar-refractivity contribution < 1.29 is 18.9 Å². The molecule has 0 fully saturated rings. The molecule has 0 bridgehead atoms. The average Bonchev–Trinajstić information content (AvgIpc) is 3.51. The van der Waals surface area contributed by atoms with E-state index in [-0.39, 0.29) is 0 Å². The standard InChI is InChI=1S/C52H50O4.C16H10.C6H6/c1-27-17-35(53-9)18-28(2)47(27)43-25-44(48-29(3)19-36(54-10)20-30(48)4)40-15-16-42-46(50-33(7)23-38(56-12)24-34(50)8)26-45(41-14-13-39(43)51(40)52(41)42)49-31(5)21-37(55-11)22-32(49)6;1-3-11-7-9-13-5-2-6-14-10-8-12(4-1)15(11)16(13)14;1-2-4-6-5-3-1/h13-26H,1-12H3;1-10H;1-6H. The second-order valence-corrected chi connectivity index (χ2v) is 21.0. The van der Waals surface area contributed by atoms with Crippen molar-refractivity contribution in [3.8, 4) is 67.5 Å². The minimum atomic E-state index is 0.869. The summed E-state index contributed by atoms with van der Waals surface area (Å²) in [7, 11) is 6.96. The highest BCUT2D eigenvalue weighted by molar-refractivity contribution is 6.32. The smallest absolute Gasteiger partial charge is 0.119 e. The summed E-state index contributed by atoms with van der Waals surface area (Å²) in [6, 6.07) is 65.4. The highest BCUT2D eigenvalue weighted by Crippen LogP contribution is 2.52. The first-order valence-corrected chi connectivity index (χ1v) is 26.9. The van der Waals surface area contributed by atoms with Gasteiger partial charge in [0.25, 0.3) is 0 Å². The molecule has 13 aromatic rings. The van der Waals surface area contributed by atoms with E-state index in [1.807, 2.05) is 36.4 Å². The summed E-state index contributed by atoms with van der Waals surface area (Å²) in [6.07, 6.45) is 0. The van der Waals surface area contributed by atoms with Gasteiger partial charge in [-0.2, -0.15) is 0 Å². The van der Waals surface area contributed by atoms with Crippen LogP contribution in [0.5, 0.6) is 23.0 Å². The summed E-state index contributed by atoms with van der Waals surface area (Å²) in [5.41, 5.74) is 19.3. The summed E-state index contributed by atoms with van der Waals surface area (Å²) in [5.74, 6) is 3.48. The number of rotatable bonds is 8. The van der Waals surface area contributed by atoms with Crippen LogP contribution in [-0.4, -0.2) is 28.4 Å². The largest absolute Gasteiger partial charge is 0.497 e. The Morgan fingerprint density at radius 1 is 0.218 bits per heavy atom. The Balaban J connectivity index is 0.000000239. The molecule has 386 valence electrons. The lowest BCUT2D eigenvalue weighted by atomic mass is 9.79. The normalized spacial score (nSPS) is 11.3. The van der Waals surface area contributed by atoms with E-state index < -0.39 is 0 Å². The minimum absolute atomic E-state index is 0.869. The second kappa shape index (κ2) is 20.9. The Labute approximate surface area is 459 Å². The van der Waals surface area contributed by atoms with E-state index in [2.05, 4.69) is 201 Å². The number of ether oxygens (including phenoxy) is 4. The zero-order valence-corrected chi connectivity index (χ0v) is 47.0. The van der Waals surface area contributed by atoms with E-state index in [4.69, 9.17) is 18.9 Å². The van der Waals surface area contributed by atoms with Gasteiger partial charge in [-0.25, -0.2) is 0 Å². The maximum atomic E-state index is 5.74. The predicted molar refractivity (Wildman–Crippen MR) is 333 cm³/mol. The van der Waals surface area contributed by atoms with Gasteiger partial charge in [0.15, 0.2) is 0 Å². The molecule has 0 saturated carbocycles. The summed E-state index contributed by atoms with van der Waals surface area (Å²) in [5, 5.41) is 15.6. The van der Waals surface area contributed by atoms with E-state index in [9.17, 15) is 0 Å². The molecule has 0 saturated heterocycles. The second-order valence-electron chi connectivity index (χ2n) is 21.0. The molecule has 13 aromatic carbocycles. The average molecular weight is 1020 g/mol. The Bertz CT molecular complexity index is 3760. The fraction of sp³-hybridized carbons (Fsp3) is 0.162. The molecule has 0 radical (unpaired) electrons. The molecule has 4 heteroatoms. The predicted octanol–water partition coefficient (Wildman–Crippen LogP) is 20.0. The molecule has 0 unspecified atom stereocenters. The molecule has 4 nitrogen and oxygen atoms in total. The number of hydrogen-bond acceptors (Lipinski definition) is 4. The maximum Gasteiger partial charge on any atom is 0.119 e. The molecule has 78 heavy (non-hydrogen) atoms. The molecule has 0 amide bonds.